The van der Waals surface area contributed by atoms with E-state index < -0.39 is 16.1 Å². The van der Waals surface area contributed by atoms with Gasteiger partial charge in [-0.05, 0) is 25.8 Å². The lowest BCUT2D eigenvalue weighted by Crippen LogP contribution is -2.45. The van der Waals surface area contributed by atoms with Crippen molar-refractivity contribution in [3.05, 3.63) is 22.4 Å². The SMILES string of the molecule is CC(NS(=O)(=O)c1cnc(Cl)c(Cl)c1)C(=O)NC1CC1. The third-order valence-corrected chi connectivity index (χ3v) is 4.92. The molecule has 0 spiro atoms. The van der Waals surface area contributed by atoms with Gasteiger partial charge in [-0.15, -0.1) is 0 Å². The van der Waals surface area contributed by atoms with Crippen molar-refractivity contribution < 1.29 is 13.2 Å². The summed E-state index contributed by atoms with van der Waals surface area (Å²) in [6.45, 7) is 1.47. The number of aromatic nitrogens is 1. The fourth-order valence-electron chi connectivity index (χ4n) is 1.46. The van der Waals surface area contributed by atoms with Crippen LogP contribution < -0.4 is 10.0 Å². The van der Waals surface area contributed by atoms with E-state index in [-0.39, 0.29) is 27.0 Å². The van der Waals surface area contributed by atoms with Crippen LogP contribution in [0.2, 0.25) is 10.2 Å². The number of carbonyl (C=O) groups excluding carboxylic acids is 1. The minimum Gasteiger partial charge on any atom is -0.352 e. The molecule has 2 rings (SSSR count). The summed E-state index contributed by atoms with van der Waals surface area (Å²) in [5.41, 5.74) is 0. The molecule has 1 aliphatic rings. The molecule has 1 saturated carbocycles. The highest BCUT2D eigenvalue weighted by Gasteiger charge is 2.28. The van der Waals surface area contributed by atoms with Crippen LogP contribution in [-0.4, -0.2) is 31.4 Å². The molecule has 2 N–H and O–H groups in total. The molecule has 1 aliphatic carbocycles. The van der Waals surface area contributed by atoms with Gasteiger partial charge in [0, 0.05) is 12.2 Å². The molecule has 1 atom stereocenters. The van der Waals surface area contributed by atoms with Crippen molar-refractivity contribution in [3.8, 4) is 0 Å². The molecule has 0 saturated heterocycles. The first-order valence-corrected chi connectivity index (χ1v) is 8.17. The number of rotatable bonds is 5. The van der Waals surface area contributed by atoms with Crippen LogP contribution in [0.1, 0.15) is 19.8 Å². The van der Waals surface area contributed by atoms with Crippen molar-refractivity contribution in [2.24, 2.45) is 0 Å². The van der Waals surface area contributed by atoms with E-state index in [9.17, 15) is 13.2 Å². The maximum atomic E-state index is 12.1. The number of nitrogens with zero attached hydrogens (tertiary/aromatic N) is 1. The van der Waals surface area contributed by atoms with Crippen molar-refractivity contribution in [1.82, 2.24) is 15.0 Å². The van der Waals surface area contributed by atoms with Crippen molar-refractivity contribution in [3.63, 3.8) is 0 Å². The van der Waals surface area contributed by atoms with Gasteiger partial charge in [-0.2, -0.15) is 4.72 Å². The number of carbonyl (C=O) groups is 1. The Bertz CT molecular complexity index is 632. The van der Waals surface area contributed by atoms with E-state index in [1.807, 2.05) is 0 Å². The van der Waals surface area contributed by atoms with Crippen LogP contribution >= 0.6 is 23.2 Å². The highest BCUT2D eigenvalue weighted by molar-refractivity contribution is 7.89. The van der Waals surface area contributed by atoms with E-state index in [1.54, 1.807) is 0 Å². The largest absolute Gasteiger partial charge is 0.352 e. The van der Waals surface area contributed by atoms with E-state index in [4.69, 9.17) is 23.2 Å². The molecular formula is C11H13Cl2N3O3S. The molecule has 1 unspecified atom stereocenters. The topological polar surface area (TPSA) is 88.2 Å². The van der Waals surface area contributed by atoms with Gasteiger partial charge < -0.3 is 5.32 Å². The van der Waals surface area contributed by atoms with Crippen LogP contribution in [-0.2, 0) is 14.8 Å². The standard InChI is InChI=1S/C11H13Cl2N3O3S/c1-6(11(17)15-7-2-3-7)16-20(18,19)8-4-9(12)10(13)14-5-8/h4-7,16H,2-3H2,1H3,(H,15,17). The summed E-state index contributed by atoms with van der Waals surface area (Å²) in [6, 6.07) is 0.473. The number of sulfonamides is 1. The minimum atomic E-state index is -3.88. The molecule has 1 fully saturated rings. The Balaban J connectivity index is 2.09. The normalized spacial score (nSPS) is 16.8. The Labute approximate surface area is 126 Å². The number of hydrogen-bond acceptors (Lipinski definition) is 4. The average molecular weight is 338 g/mol. The third-order valence-electron chi connectivity index (χ3n) is 2.73. The monoisotopic (exact) mass is 337 g/mol. The molecule has 0 aromatic carbocycles. The van der Waals surface area contributed by atoms with Gasteiger partial charge >= 0.3 is 0 Å². The number of nitrogens with one attached hydrogen (secondary N) is 2. The number of hydrogen-bond donors (Lipinski definition) is 2. The second-order valence-corrected chi connectivity index (χ2v) is 7.05. The number of halogens is 2. The molecule has 9 heteroatoms. The zero-order valence-electron chi connectivity index (χ0n) is 10.6. The summed E-state index contributed by atoms with van der Waals surface area (Å²) < 4.78 is 26.4. The van der Waals surface area contributed by atoms with Crippen LogP contribution in [0.5, 0.6) is 0 Å². The Morgan fingerprint density at radius 2 is 2.10 bits per heavy atom. The van der Waals surface area contributed by atoms with Gasteiger partial charge in [0.1, 0.15) is 10.0 Å². The first-order chi connectivity index (χ1) is 9.29. The first kappa shape index (κ1) is 15.5. The minimum absolute atomic E-state index is 0.0186. The van der Waals surface area contributed by atoms with E-state index in [0.717, 1.165) is 19.0 Å². The Hall–Kier alpha value is -0.890. The number of pyridine rings is 1. The average Bonchev–Trinajstić information content (AvgIpc) is 3.15. The fourth-order valence-corrected chi connectivity index (χ4v) is 2.97. The molecule has 20 heavy (non-hydrogen) atoms. The van der Waals surface area contributed by atoms with Gasteiger partial charge in [-0.1, -0.05) is 23.2 Å². The Morgan fingerprint density at radius 1 is 1.45 bits per heavy atom. The number of amides is 1. The predicted octanol–water partition coefficient (Wildman–Crippen LogP) is 1.33. The molecule has 1 heterocycles. The van der Waals surface area contributed by atoms with Gasteiger partial charge in [0.2, 0.25) is 15.9 Å². The van der Waals surface area contributed by atoms with E-state index in [2.05, 4.69) is 15.0 Å². The molecule has 0 aliphatic heterocycles. The van der Waals surface area contributed by atoms with Crippen molar-refractivity contribution in [2.45, 2.75) is 36.7 Å². The summed E-state index contributed by atoms with van der Waals surface area (Å²) in [7, 11) is -3.88. The molecular weight excluding hydrogens is 325 g/mol. The molecule has 1 aromatic heterocycles. The molecule has 6 nitrogen and oxygen atoms in total. The maximum absolute atomic E-state index is 12.1. The van der Waals surface area contributed by atoms with Crippen LogP contribution in [0, 0.1) is 0 Å². The van der Waals surface area contributed by atoms with Crippen LogP contribution in [0.15, 0.2) is 17.2 Å². The second-order valence-electron chi connectivity index (χ2n) is 4.57. The van der Waals surface area contributed by atoms with Crippen molar-refractivity contribution in [1.29, 1.82) is 0 Å². The van der Waals surface area contributed by atoms with Gasteiger partial charge in [0.05, 0.1) is 11.1 Å². The fraction of sp³-hybridized carbons (Fsp3) is 0.455. The smallest absolute Gasteiger partial charge is 0.242 e. The summed E-state index contributed by atoms with van der Waals surface area (Å²) >= 11 is 11.4. The van der Waals surface area contributed by atoms with E-state index in [0.29, 0.717) is 0 Å². The van der Waals surface area contributed by atoms with Crippen LogP contribution in [0.3, 0.4) is 0 Å². The predicted molar refractivity (Wildman–Crippen MR) is 75.2 cm³/mol. The van der Waals surface area contributed by atoms with E-state index >= 15 is 0 Å². The molecule has 1 amide bonds. The summed E-state index contributed by atoms with van der Waals surface area (Å²) in [4.78, 5) is 15.3. The molecule has 1 aromatic rings. The second kappa shape index (κ2) is 5.85. The Kier molecular flexibility index (Phi) is 4.53. The highest BCUT2D eigenvalue weighted by Crippen LogP contribution is 2.22. The lowest BCUT2D eigenvalue weighted by atomic mass is 10.3. The van der Waals surface area contributed by atoms with Gasteiger partial charge in [0.25, 0.3) is 0 Å². The summed E-state index contributed by atoms with van der Waals surface area (Å²) in [5.74, 6) is -0.357. The van der Waals surface area contributed by atoms with Gasteiger partial charge in [-0.3, -0.25) is 4.79 Å². The Morgan fingerprint density at radius 3 is 2.65 bits per heavy atom. The maximum Gasteiger partial charge on any atom is 0.242 e. The molecule has 0 radical (unpaired) electrons. The molecule has 0 bridgehead atoms. The highest BCUT2D eigenvalue weighted by atomic mass is 35.5. The van der Waals surface area contributed by atoms with Gasteiger partial charge in [-0.25, -0.2) is 13.4 Å². The van der Waals surface area contributed by atoms with E-state index in [1.165, 1.54) is 13.0 Å². The van der Waals surface area contributed by atoms with Crippen molar-refractivity contribution in [2.75, 3.05) is 0 Å². The summed E-state index contributed by atoms with van der Waals surface area (Å²) in [5, 5.41) is 2.77. The lowest BCUT2D eigenvalue weighted by molar-refractivity contribution is -0.122. The zero-order valence-corrected chi connectivity index (χ0v) is 12.9. The zero-order chi connectivity index (χ0) is 14.9. The molecule has 110 valence electrons. The summed E-state index contributed by atoms with van der Waals surface area (Å²) in [6.07, 6.45) is 2.95. The van der Waals surface area contributed by atoms with Crippen LogP contribution in [0.4, 0.5) is 0 Å². The third kappa shape index (κ3) is 3.82. The quantitative estimate of drug-likeness (QED) is 0.793. The first-order valence-electron chi connectivity index (χ1n) is 5.93. The lowest BCUT2D eigenvalue weighted by Gasteiger charge is -2.14. The van der Waals surface area contributed by atoms with Gasteiger partial charge in [0.15, 0.2) is 0 Å². The van der Waals surface area contributed by atoms with Crippen LogP contribution in [0.25, 0.3) is 0 Å². The van der Waals surface area contributed by atoms with Crippen molar-refractivity contribution >= 4 is 39.1 Å².